The number of halogens is 2. The fraction of sp³-hybridized carbons (Fsp3) is 0.316. The van der Waals surface area contributed by atoms with Crippen molar-refractivity contribution >= 4 is 34.0 Å². The quantitative estimate of drug-likeness (QED) is 0.769. The predicted octanol–water partition coefficient (Wildman–Crippen LogP) is 2.87. The highest BCUT2D eigenvalue weighted by molar-refractivity contribution is 7.92. The van der Waals surface area contributed by atoms with Crippen LogP contribution in [0.1, 0.15) is 23.2 Å². The summed E-state index contributed by atoms with van der Waals surface area (Å²) in [4.78, 5) is 14.3. The Labute approximate surface area is 170 Å². The van der Waals surface area contributed by atoms with Gasteiger partial charge < -0.3 is 10.2 Å². The van der Waals surface area contributed by atoms with Gasteiger partial charge in [-0.3, -0.25) is 9.52 Å². The van der Waals surface area contributed by atoms with Gasteiger partial charge in [-0.25, -0.2) is 12.8 Å². The Morgan fingerprint density at radius 1 is 1.07 bits per heavy atom. The molecule has 0 radical (unpaired) electrons. The second-order valence-electron chi connectivity index (χ2n) is 6.46. The third-order valence-electron chi connectivity index (χ3n) is 4.72. The number of carbonyl (C=O) groups is 1. The van der Waals surface area contributed by atoms with Crippen LogP contribution in [0.15, 0.2) is 53.4 Å². The number of para-hydroxylation sites is 1. The zero-order valence-electron chi connectivity index (χ0n) is 15.4. The second-order valence-corrected chi connectivity index (χ2v) is 8.15. The molecule has 0 aromatic heterocycles. The molecule has 0 aliphatic carbocycles. The number of sulfonamides is 1. The molecular weight excluding hydrogens is 405 g/mol. The number of carbonyl (C=O) groups excluding carboxylic acids is 1. The van der Waals surface area contributed by atoms with Crippen molar-refractivity contribution in [3.05, 3.63) is 59.9 Å². The molecule has 28 heavy (non-hydrogen) atoms. The summed E-state index contributed by atoms with van der Waals surface area (Å²) in [6.07, 6.45) is 1.78. The Bertz CT molecular complexity index is 914. The maximum absolute atomic E-state index is 13.7. The zero-order chi connectivity index (χ0) is 19.4. The van der Waals surface area contributed by atoms with Crippen molar-refractivity contribution in [3.63, 3.8) is 0 Å². The van der Waals surface area contributed by atoms with E-state index in [2.05, 4.69) is 10.0 Å². The third kappa shape index (κ3) is 5.01. The van der Waals surface area contributed by atoms with E-state index in [-0.39, 0.29) is 28.9 Å². The minimum Gasteiger partial charge on any atom is -0.339 e. The molecule has 2 aromatic carbocycles. The molecule has 1 heterocycles. The molecular formula is C19H23ClFN3O3S. The molecule has 0 atom stereocenters. The number of rotatable bonds is 5. The molecule has 152 valence electrons. The third-order valence-corrected chi connectivity index (χ3v) is 6.10. The number of likely N-dealkylation sites (tertiary alicyclic amines) is 1. The summed E-state index contributed by atoms with van der Waals surface area (Å²) in [5, 5.41) is 3.21. The van der Waals surface area contributed by atoms with E-state index < -0.39 is 15.8 Å². The van der Waals surface area contributed by atoms with Gasteiger partial charge in [-0.15, -0.1) is 12.4 Å². The van der Waals surface area contributed by atoms with Gasteiger partial charge >= 0.3 is 0 Å². The molecule has 1 amide bonds. The molecule has 1 saturated heterocycles. The largest absolute Gasteiger partial charge is 0.339 e. The molecule has 3 rings (SSSR count). The van der Waals surface area contributed by atoms with Gasteiger partial charge in [-0.2, -0.15) is 0 Å². The van der Waals surface area contributed by atoms with Crippen LogP contribution in [-0.2, 0) is 10.0 Å². The topological polar surface area (TPSA) is 78.5 Å². The predicted molar refractivity (Wildman–Crippen MR) is 109 cm³/mol. The lowest BCUT2D eigenvalue weighted by atomic mass is 10.0. The molecule has 0 bridgehead atoms. The number of hydrogen-bond acceptors (Lipinski definition) is 4. The number of nitrogens with zero attached hydrogens (tertiary/aromatic N) is 1. The molecule has 2 aromatic rings. The lowest BCUT2D eigenvalue weighted by Crippen LogP contribution is -2.43. The molecule has 0 saturated carbocycles. The Hall–Kier alpha value is -2.16. The maximum atomic E-state index is 13.7. The summed E-state index contributed by atoms with van der Waals surface area (Å²) in [5.41, 5.74) is 0.313. The van der Waals surface area contributed by atoms with Crippen LogP contribution in [0.2, 0.25) is 0 Å². The molecule has 1 aliphatic rings. The fourth-order valence-corrected chi connectivity index (χ4v) is 4.15. The second kappa shape index (κ2) is 9.36. The van der Waals surface area contributed by atoms with Crippen molar-refractivity contribution in [2.24, 2.45) is 0 Å². The number of piperidine rings is 1. The number of nitrogens with one attached hydrogen (secondary N) is 2. The first-order valence-corrected chi connectivity index (χ1v) is 10.2. The Kier molecular flexibility index (Phi) is 7.40. The number of benzene rings is 2. The van der Waals surface area contributed by atoms with Crippen LogP contribution in [0.5, 0.6) is 0 Å². The average molecular weight is 428 g/mol. The summed E-state index contributed by atoms with van der Waals surface area (Å²) in [6.45, 7) is 1.33. The monoisotopic (exact) mass is 427 g/mol. The lowest BCUT2D eigenvalue weighted by molar-refractivity contribution is 0.0707. The van der Waals surface area contributed by atoms with Crippen LogP contribution in [0, 0.1) is 5.82 Å². The van der Waals surface area contributed by atoms with E-state index >= 15 is 0 Å². The highest BCUT2D eigenvalue weighted by Crippen LogP contribution is 2.20. The van der Waals surface area contributed by atoms with Crippen LogP contribution in [0.25, 0.3) is 0 Å². The molecule has 1 fully saturated rings. The summed E-state index contributed by atoms with van der Waals surface area (Å²) in [6, 6.07) is 11.7. The molecule has 2 N–H and O–H groups in total. The van der Waals surface area contributed by atoms with Crippen LogP contribution in [-0.4, -0.2) is 45.4 Å². The van der Waals surface area contributed by atoms with Crippen LogP contribution in [0.3, 0.4) is 0 Å². The first kappa shape index (κ1) is 22.1. The van der Waals surface area contributed by atoms with Gasteiger partial charge in [-0.05, 0) is 56.3 Å². The van der Waals surface area contributed by atoms with E-state index in [1.807, 2.05) is 7.05 Å². The highest BCUT2D eigenvalue weighted by Gasteiger charge is 2.23. The molecule has 0 unspecified atom stereocenters. The smallest absolute Gasteiger partial charge is 0.261 e. The fourth-order valence-electron chi connectivity index (χ4n) is 3.08. The average Bonchev–Trinajstić information content (AvgIpc) is 2.69. The van der Waals surface area contributed by atoms with Crippen molar-refractivity contribution in [1.82, 2.24) is 10.2 Å². The minimum absolute atomic E-state index is 0. The Morgan fingerprint density at radius 3 is 2.25 bits per heavy atom. The van der Waals surface area contributed by atoms with E-state index in [0.717, 1.165) is 12.8 Å². The lowest BCUT2D eigenvalue weighted by Gasteiger charge is -2.31. The van der Waals surface area contributed by atoms with E-state index in [0.29, 0.717) is 24.7 Å². The molecule has 1 aliphatic heterocycles. The Morgan fingerprint density at radius 2 is 1.68 bits per heavy atom. The summed E-state index contributed by atoms with van der Waals surface area (Å²) < 4.78 is 40.8. The van der Waals surface area contributed by atoms with Crippen molar-refractivity contribution in [3.8, 4) is 0 Å². The van der Waals surface area contributed by atoms with Gasteiger partial charge in [0.2, 0.25) is 0 Å². The van der Waals surface area contributed by atoms with E-state index in [4.69, 9.17) is 0 Å². The van der Waals surface area contributed by atoms with E-state index in [9.17, 15) is 17.6 Å². The first-order chi connectivity index (χ1) is 12.9. The number of amides is 1. The van der Waals surface area contributed by atoms with Crippen LogP contribution < -0.4 is 10.0 Å². The Balaban J connectivity index is 0.00000280. The van der Waals surface area contributed by atoms with Crippen molar-refractivity contribution in [2.75, 3.05) is 24.9 Å². The number of hydrogen-bond donors (Lipinski definition) is 2. The normalized spacial score (nSPS) is 15.0. The molecule has 6 nitrogen and oxygen atoms in total. The van der Waals surface area contributed by atoms with Gasteiger partial charge in [0.15, 0.2) is 0 Å². The summed E-state index contributed by atoms with van der Waals surface area (Å²) in [7, 11) is -2.02. The van der Waals surface area contributed by atoms with Crippen molar-refractivity contribution in [2.45, 2.75) is 23.8 Å². The number of anilines is 1. The maximum Gasteiger partial charge on any atom is 0.261 e. The van der Waals surface area contributed by atoms with Crippen LogP contribution >= 0.6 is 12.4 Å². The standard InChI is InChI=1S/C19H22FN3O3S.ClH/c1-21-15-10-12-23(13-11-15)19(24)14-6-8-16(9-7-14)27(25,26)22-18-5-3-2-4-17(18)20;/h2-9,15,21-22H,10-13H2,1H3;1H. The first-order valence-electron chi connectivity index (χ1n) is 8.74. The van der Waals surface area contributed by atoms with Crippen LogP contribution in [0.4, 0.5) is 10.1 Å². The summed E-state index contributed by atoms with van der Waals surface area (Å²) in [5.74, 6) is -0.770. The molecule has 9 heteroatoms. The van der Waals surface area contributed by atoms with Crippen molar-refractivity contribution in [1.29, 1.82) is 0 Å². The molecule has 0 spiro atoms. The van der Waals surface area contributed by atoms with Crippen molar-refractivity contribution < 1.29 is 17.6 Å². The SMILES string of the molecule is CNC1CCN(C(=O)c2ccc(S(=O)(=O)Nc3ccccc3F)cc2)CC1.Cl. The van der Waals surface area contributed by atoms with Gasteiger partial charge in [0.25, 0.3) is 15.9 Å². The van der Waals surface area contributed by atoms with Gasteiger partial charge in [0.05, 0.1) is 10.6 Å². The van der Waals surface area contributed by atoms with Gasteiger partial charge in [-0.1, -0.05) is 12.1 Å². The van der Waals surface area contributed by atoms with E-state index in [1.165, 1.54) is 42.5 Å². The van der Waals surface area contributed by atoms with Gasteiger partial charge in [0, 0.05) is 24.7 Å². The van der Waals surface area contributed by atoms with E-state index in [1.54, 1.807) is 11.0 Å². The minimum atomic E-state index is -3.94. The highest BCUT2D eigenvalue weighted by atomic mass is 35.5. The zero-order valence-corrected chi connectivity index (χ0v) is 17.0. The van der Waals surface area contributed by atoms with Gasteiger partial charge in [0.1, 0.15) is 5.82 Å². The summed E-state index contributed by atoms with van der Waals surface area (Å²) >= 11 is 0.